The largest absolute Gasteiger partial charge is 0.294 e. The molecule has 120 valence electrons. The van der Waals surface area contributed by atoms with Gasteiger partial charge in [-0.3, -0.25) is 9.10 Å². The van der Waals surface area contributed by atoms with Crippen molar-refractivity contribution in [3.05, 3.63) is 58.7 Å². The smallest absolute Gasteiger partial charge is 0.264 e. The third-order valence-corrected chi connectivity index (χ3v) is 6.19. The molecule has 0 atom stereocenters. The van der Waals surface area contributed by atoms with E-state index in [1.54, 1.807) is 31.2 Å². The van der Waals surface area contributed by atoms with Crippen molar-refractivity contribution in [1.29, 1.82) is 0 Å². The van der Waals surface area contributed by atoms with Crippen molar-refractivity contribution in [3.63, 3.8) is 0 Å². The maximum absolute atomic E-state index is 13.2. The molecule has 23 heavy (non-hydrogen) atoms. The molecule has 0 bridgehead atoms. The lowest BCUT2D eigenvalue weighted by molar-refractivity contribution is 0.0982. The Morgan fingerprint density at radius 1 is 1.00 bits per heavy atom. The van der Waals surface area contributed by atoms with Crippen LogP contribution in [-0.4, -0.2) is 20.7 Å². The molecule has 0 aromatic heterocycles. The molecule has 0 spiro atoms. The number of nitrogens with zero attached hydrogens (tertiary/aromatic N) is 1. The molecule has 0 aliphatic carbocycles. The third-order valence-electron chi connectivity index (χ3n) is 4.23. The normalized spacial score (nSPS) is 14.7. The van der Waals surface area contributed by atoms with Gasteiger partial charge >= 0.3 is 0 Å². The number of carbonyl (C=O) groups is 1. The van der Waals surface area contributed by atoms with Gasteiger partial charge in [-0.1, -0.05) is 29.8 Å². The summed E-state index contributed by atoms with van der Waals surface area (Å²) in [4.78, 5) is 12.4. The van der Waals surface area contributed by atoms with Crippen LogP contribution in [0, 0.1) is 20.8 Å². The highest BCUT2D eigenvalue weighted by molar-refractivity contribution is 7.93. The molecule has 1 aliphatic rings. The number of rotatable bonds is 2. The van der Waals surface area contributed by atoms with E-state index in [2.05, 4.69) is 0 Å². The van der Waals surface area contributed by atoms with Crippen LogP contribution in [0.15, 0.2) is 41.3 Å². The first-order valence-electron chi connectivity index (χ1n) is 7.55. The van der Waals surface area contributed by atoms with Crippen molar-refractivity contribution in [1.82, 2.24) is 0 Å². The molecular formula is C18H19NO3S. The van der Waals surface area contributed by atoms with Crippen molar-refractivity contribution in [3.8, 4) is 0 Å². The van der Waals surface area contributed by atoms with Gasteiger partial charge in [0.2, 0.25) is 0 Å². The summed E-state index contributed by atoms with van der Waals surface area (Å²) in [7, 11) is -3.69. The monoisotopic (exact) mass is 329 g/mol. The molecule has 4 nitrogen and oxygen atoms in total. The number of carbonyl (C=O) groups excluding carboxylic acids is 1. The lowest BCUT2D eigenvalue weighted by Gasteiger charge is -2.31. The molecule has 0 saturated carbocycles. The Balaban J connectivity index is 2.19. The summed E-state index contributed by atoms with van der Waals surface area (Å²) in [6.45, 7) is 5.75. The molecule has 0 saturated heterocycles. The Labute approximate surface area is 136 Å². The number of Topliss-reactive ketones (excluding diaryl/α,β-unsaturated/α-hetero) is 1. The Morgan fingerprint density at radius 2 is 1.74 bits per heavy atom. The number of ketones is 1. The zero-order valence-electron chi connectivity index (χ0n) is 13.5. The molecule has 1 heterocycles. The quantitative estimate of drug-likeness (QED) is 0.848. The minimum atomic E-state index is -3.69. The number of benzene rings is 2. The first kappa shape index (κ1) is 15.7. The van der Waals surface area contributed by atoms with E-state index in [1.165, 1.54) is 4.31 Å². The second-order valence-corrected chi connectivity index (χ2v) is 7.82. The average molecular weight is 329 g/mol. The van der Waals surface area contributed by atoms with Gasteiger partial charge in [0.1, 0.15) is 0 Å². The predicted octanol–water partition coefficient (Wildman–Crippen LogP) is 3.39. The van der Waals surface area contributed by atoms with E-state index in [-0.39, 0.29) is 18.7 Å². The minimum absolute atomic E-state index is 0.00391. The second kappa shape index (κ2) is 5.49. The Morgan fingerprint density at radius 3 is 2.43 bits per heavy atom. The lowest BCUT2D eigenvalue weighted by Crippen LogP contribution is -2.38. The van der Waals surface area contributed by atoms with Crippen LogP contribution in [0.2, 0.25) is 0 Å². The Kier molecular flexibility index (Phi) is 3.76. The highest BCUT2D eigenvalue weighted by Gasteiger charge is 2.34. The summed E-state index contributed by atoms with van der Waals surface area (Å²) in [5.74, 6) is -0.00391. The summed E-state index contributed by atoms with van der Waals surface area (Å²) in [5, 5.41) is 0. The van der Waals surface area contributed by atoms with Gasteiger partial charge < -0.3 is 0 Å². The molecule has 0 unspecified atom stereocenters. The minimum Gasteiger partial charge on any atom is -0.294 e. The van der Waals surface area contributed by atoms with Gasteiger partial charge in [-0.15, -0.1) is 0 Å². The van der Waals surface area contributed by atoms with Gasteiger partial charge in [-0.05, 0) is 44.0 Å². The maximum Gasteiger partial charge on any atom is 0.264 e. The van der Waals surface area contributed by atoms with Crippen molar-refractivity contribution >= 4 is 21.5 Å². The summed E-state index contributed by atoms with van der Waals surface area (Å²) in [6.07, 6.45) is 0.209. The Bertz CT molecular complexity index is 900. The fourth-order valence-electron chi connectivity index (χ4n) is 3.11. The molecule has 3 rings (SSSR count). The highest BCUT2D eigenvalue weighted by atomic mass is 32.2. The molecule has 2 aromatic carbocycles. The van der Waals surface area contributed by atoms with Crippen LogP contribution in [0.25, 0.3) is 0 Å². The number of anilines is 1. The van der Waals surface area contributed by atoms with Crippen molar-refractivity contribution in [2.45, 2.75) is 32.1 Å². The zero-order valence-corrected chi connectivity index (χ0v) is 14.3. The van der Waals surface area contributed by atoms with Crippen LogP contribution in [-0.2, 0) is 10.0 Å². The van der Waals surface area contributed by atoms with E-state index < -0.39 is 10.0 Å². The number of sulfonamides is 1. The summed E-state index contributed by atoms with van der Waals surface area (Å²) in [6, 6.07) is 10.6. The molecule has 0 radical (unpaired) electrons. The molecule has 0 fully saturated rings. The standard InChI is InChI=1S/C18H19NO3S/c1-12-7-8-17(14(3)11-12)23(21,22)19-10-9-16(20)15-6-4-5-13(2)18(15)19/h4-8,11H,9-10H2,1-3H3. The van der Waals surface area contributed by atoms with E-state index in [1.807, 2.05) is 26.0 Å². The topological polar surface area (TPSA) is 54.5 Å². The SMILES string of the molecule is Cc1ccc(S(=O)(=O)N2CCC(=O)c3cccc(C)c32)c(C)c1. The zero-order chi connectivity index (χ0) is 16.8. The molecule has 0 amide bonds. The molecule has 1 aliphatic heterocycles. The summed E-state index contributed by atoms with van der Waals surface area (Å²) < 4.78 is 27.7. The van der Waals surface area contributed by atoms with Gasteiger partial charge in [-0.25, -0.2) is 8.42 Å². The Hall–Kier alpha value is -2.14. The number of hydrogen-bond donors (Lipinski definition) is 0. The van der Waals surface area contributed by atoms with Gasteiger partial charge in [0.05, 0.1) is 10.6 Å². The number of para-hydroxylation sites is 1. The van der Waals surface area contributed by atoms with Crippen molar-refractivity contribution < 1.29 is 13.2 Å². The van der Waals surface area contributed by atoms with Crippen molar-refractivity contribution in [2.24, 2.45) is 0 Å². The van der Waals surface area contributed by atoms with Gasteiger partial charge in [0.25, 0.3) is 10.0 Å². The van der Waals surface area contributed by atoms with Crippen LogP contribution in [0.5, 0.6) is 0 Å². The number of fused-ring (bicyclic) bond motifs is 1. The third kappa shape index (κ3) is 2.55. The van der Waals surface area contributed by atoms with Gasteiger partial charge in [0.15, 0.2) is 5.78 Å². The molecule has 2 aromatic rings. The second-order valence-electron chi connectivity index (χ2n) is 5.99. The average Bonchev–Trinajstić information content (AvgIpc) is 2.48. The van der Waals surface area contributed by atoms with E-state index in [4.69, 9.17) is 0 Å². The van der Waals surface area contributed by atoms with Gasteiger partial charge in [-0.2, -0.15) is 0 Å². The molecular weight excluding hydrogens is 310 g/mol. The highest BCUT2D eigenvalue weighted by Crippen LogP contribution is 2.35. The number of hydrogen-bond acceptors (Lipinski definition) is 3. The van der Waals surface area contributed by atoms with E-state index in [9.17, 15) is 13.2 Å². The van der Waals surface area contributed by atoms with Crippen LogP contribution in [0.4, 0.5) is 5.69 Å². The summed E-state index contributed by atoms with van der Waals surface area (Å²) in [5.41, 5.74) is 3.54. The first-order valence-corrected chi connectivity index (χ1v) is 8.99. The molecule has 0 N–H and O–H groups in total. The molecule has 5 heteroatoms. The van der Waals surface area contributed by atoms with Crippen LogP contribution < -0.4 is 4.31 Å². The lowest BCUT2D eigenvalue weighted by atomic mass is 9.99. The number of aryl methyl sites for hydroxylation is 3. The maximum atomic E-state index is 13.2. The van der Waals surface area contributed by atoms with Crippen LogP contribution >= 0.6 is 0 Å². The first-order chi connectivity index (χ1) is 10.8. The van der Waals surface area contributed by atoms with Gasteiger partial charge in [0, 0.05) is 18.5 Å². The van der Waals surface area contributed by atoms with Crippen molar-refractivity contribution in [2.75, 3.05) is 10.8 Å². The van der Waals surface area contributed by atoms with E-state index in [0.717, 1.165) is 16.7 Å². The fourth-order valence-corrected chi connectivity index (χ4v) is 4.87. The van der Waals surface area contributed by atoms with E-state index >= 15 is 0 Å². The summed E-state index contributed by atoms with van der Waals surface area (Å²) >= 11 is 0. The predicted molar refractivity (Wildman–Crippen MR) is 90.6 cm³/mol. The van der Waals surface area contributed by atoms with Crippen LogP contribution in [0.1, 0.15) is 33.5 Å². The van der Waals surface area contributed by atoms with Crippen LogP contribution in [0.3, 0.4) is 0 Å². The van der Waals surface area contributed by atoms with E-state index in [0.29, 0.717) is 16.1 Å². The fraction of sp³-hybridized carbons (Fsp3) is 0.278.